The summed E-state index contributed by atoms with van der Waals surface area (Å²) in [6, 6.07) is 7.58. The maximum Gasteiger partial charge on any atom is 0.232 e. The van der Waals surface area contributed by atoms with Crippen LogP contribution in [0.4, 0.5) is 0 Å². The molecule has 1 amide bonds. The molecule has 6 heteroatoms. The molecule has 1 aromatic carbocycles. The van der Waals surface area contributed by atoms with Gasteiger partial charge in [-0.1, -0.05) is 29.8 Å². The van der Waals surface area contributed by atoms with Crippen LogP contribution >= 0.6 is 23.4 Å². The molecule has 110 valence electrons. The van der Waals surface area contributed by atoms with E-state index in [9.17, 15) is 15.0 Å². The maximum absolute atomic E-state index is 12.0. The summed E-state index contributed by atoms with van der Waals surface area (Å²) in [5.41, 5.74) is 1.01. The Morgan fingerprint density at radius 3 is 2.80 bits per heavy atom. The number of likely N-dealkylation sites (tertiary alicyclic amines) is 1. The summed E-state index contributed by atoms with van der Waals surface area (Å²) >= 11 is 7.56. The Hall–Kier alpha value is -0.750. The van der Waals surface area contributed by atoms with Gasteiger partial charge in [0.1, 0.15) is 0 Å². The molecule has 1 aliphatic rings. The molecule has 4 nitrogen and oxygen atoms in total. The van der Waals surface area contributed by atoms with E-state index in [0.29, 0.717) is 29.5 Å². The minimum Gasteiger partial charge on any atom is -0.390 e. The quantitative estimate of drug-likeness (QED) is 0.884. The second-order valence-electron chi connectivity index (χ2n) is 4.85. The van der Waals surface area contributed by atoms with Gasteiger partial charge in [0.15, 0.2) is 0 Å². The van der Waals surface area contributed by atoms with Gasteiger partial charge in [-0.3, -0.25) is 4.79 Å². The number of rotatable bonds is 4. The fourth-order valence-electron chi connectivity index (χ4n) is 2.10. The Kier molecular flexibility index (Phi) is 5.72. The van der Waals surface area contributed by atoms with Gasteiger partial charge in [0.2, 0.25) is 5.91 Å². The Labute approximate surface area is 127 Å². The molecule has 0 spiro atoms. The van der Waals surface area contributed by atoms with Gasteiger partial charge < -0.3 is 15.1 Å². The smallest absolute Gasteiger partial charge is 0.232 e. The van der Waals surface area contributed by atoms with Crippen LogP contribution in [0.1, 0.15) is 12.0 Å². The predicted molar refractivity (Wildman–Crippen MR) is 80.8 cm³/mol. The largest absolute Gasteiger partial charge is 0.390 e. The van der Waals surface area contributed by atoms with E-state index in [1.165, 1.54) is 11.8 Å². The van der Waals surface area contributed by atoms with E-state index in [-0.39, 0.29) is 12.5 Å². The number of piperidine rings is 1. The molecule has 2 rings (SSSR count). The summed E-state index contributed by atoms with van der Waals surface area (Å²) in [7, 11) is 0. The van der Waals surface area contributed by atoms with E-state index < -0.39 is 12.2 Å². The van der Waals surface area contributed by atoms with Crippen molar-refractivity contribution in [1.82, 2.24) is 4.90 Å². The van der Waals surface area contributed by atoms with E-state index in [1.807, 2.05) is 24.3 Å². The number of nitrogens with zero attached hydrogens (tertiary/aromatic N) is 1. The van der Waals surface area contributed by atoms with Crippen LogP contribution in [-0.4, -0.2) is 52.1 Å². The zero-order valence-electron chi connectivity index (χ0n) is 11.0. The number of carbonyl (C=O) groups is 1. The molecule has 1 aliphatic heterocycles. The molecule has 0 aromatic heterocycles. The summed E-state index contributed by atoms with van der Waals surface area (Å²) in [6.45, 7) is 0.719. The number of β-amino-alcohol motifs (C(OH)–C–C–N with tert-alkyl or cyclic N) is 1. The molecule has 2 N–H and O–H groups in total. The summed E-state index contributed by atoms with van der Waals surface area (Å²) in [4.78, 5) is 13.6. The van der Waals surface area contributed by atoms with Crippen molar-refractivity contribution in [1.29, 1.82) is 0 Å². The average molecular weight is 316 g/mol. The first-order valence-electron chi connectivity index (χ1n) is 6.53. The Bertz CT molecular complexity index is 471. The molecule has 2 atom stereocenters. The van der Waals surface area contributed by atoms with Gasteiger partial charge in [-0.25, -0.2) is 0 Å². The third-order valence-corrected chi connectivity index (χ3v) is 4.67. The highest BCUT2D eigenvalue weighted by atomic mass is 35.5. The first kappa shape index (κ1) is 15.6. The van der Waals surface area contributed by atoms with Crippen molar-refractivity contribution in [2.75, 3.05) is 18.8 Å². The second kappa shape index (κ2) is 7.31. The van der Waals surface area contributed by atoms with Crippen molar-refractivity contribution in [3.05, 3.63) is 34.9 Å². The zero-order chi connectivity index (χ0) is 14.5. The van der Waals surface area contributed by atoms with E-state index in [2.05, 4.69) is 0 Å². The standard InChI is InChI=1S/C14H18ClNO3S/c15-11-4-2-1-3-10(11)8-20-9-14(19)16-6-5-12(17)13(18)7-16/h1-4,12-13,17-18H,5-9H2/t12-,13-/m0/s1. The van der Waals surface area contributed by atoms with Gasteiger partial charge in [0, 0.05) is 23.9 Å². The Balaban J connectivity index is 1.77. The maximum atomic E-state index is 12.0. The van der Waals surface area contributed by atoms with Gasteiger partial charge in [-0.15, -0.1) is 11.8 Å². The number of halogens is 1. The number of aliphatic hydroxyl groups excluding tert-OH is 2. The molecule has 1 heterocycles. The third kappa shape index (κ3) is 4.12. The van der Waals surface area contributed by atoms with Gasteiger partial charge in [-0.05, 0) is 18.1 Å². The van der Waals surface area contributed by atoms with Crippen LogP contribution in [0, 0.1) is 0 Å². The summed E-state index contributed by atoms with van der Waals surface area (Å²) in [6.07, 6.45) is -1.11. The van der Waals surface area contributed by atoms with Crippen molar-refractivity contribution >= 4 is 29.3 Å². The summed E-state index contributed by atoms with van der Waals surface area (Å²) in [5, 5.41) is 19.7. The Morgan fingerprint density at radius 1 is 1.35 bits per heavy atom. The van der Waals surface area contributed by atoms with Gasteiger partial charge >= 0.3 is 0 Å². The van der Waals surface area contributed by atoms with Crippen molar-refractivity contribution < 1.29 is 15.0 Å². The van der Waals surface area contributed by atoms with Gasteiger partial charge in [-0.2, -0.15) is 0 Å². The number of aliphatic hydroxyl groups is 2. The number of hydrogen-bond acceptors (Lipinski definition) is 4. The first-order valence-corrected chi connectivity index (χ1v) is 8.06. The molecule has 0 radical (unpaired) electrons. The molecule has 20 heavy (non-hydrogen) atoms. The van der Waals surface area contributed by atoms with Crippen LogP contribution in [0.3, 0.4) is 0 Å². The number of hydrogen-bond donors (Lipinski definition) is 2. The normalized spacial score (nSPS) is 22.9. The fraction of sp³-hybridized carbons (Fsp3) is 0.500. The van der Waals surface area contributed by atoms with Crippen LogP contribution in [0.25, 0.3) is 0 Å². The van der Waals surface area contributed by atoms with E-state index in [4.69, 9.17) is 11.6 Å². The van der Waals surface area contributed by atoms with E-state index >= 15 is 0 Å². The molecule has 1 saturated heterocycles. The van der Waals surface area contributed by atoms with E-state index in [1.54, 1.807) is 4.90 Å². The van der Waals surface area contributed by atoms with E-state index in [0.717, 1.165) is 5.56 Å². The lowest BCUT2D eigenvalue weighted by atomic mass is 10.1. The highest BCUT2D eigenvalue weighted by Gasteiger charge is 2.28. The van der Waals surface area contributed by atoms with Crippen molar-refractivity contribution in [2.24, 2.45) is 0 Å². The molecule has 1 fully saturated rings. The first-order chi connectivity index (χ1) is 9.58. The molecule has 0 bridgehead atoms. The third-order valence-electron chi connectivity index (χ3n) is 3.34. The number of thioether (sulfide) groups is 1. The summed E-state index contributed by atoms with van der Waals surface area (Å²) in [5.74, 6) is 1.03. The lowest BCUT2D eigenvalue weighted by molar-refractivity contribution is -0.134. The number of amides is 1. The minimum atomic E-state index is -0.832. The summed E-state index contributed by atoms with van der Waals surface area (Å²) < 4.78 is 0. The lowest BCUT2D eigenvalue weighted by Crippen LogP contribution is -2.49. The molecule has 0 aliphatic carbocycles. The fourth-order valence-corrected chi connectivity index (χ4v) is 3.31. The van der Waals surface area contributed by atoms with Crippen LogP contribution in [0.2, 0.25) is 5.02 Å². The lowest BCUT2D eigenvalue weighted by Gasteiger charge is -2.33. The van der Waals surface area contributed by atoms with Crippen LogP contribution in [0.5, 0.6) is 0 Å². The van der Waals surface area contributed by atoms with Crippen LogP contribution < -0.4 is 0 Å². The molecular weight excluding hydrogens is 298 g/mol. The molecule has 1 aromatic rings. The minimum absolute atomic E-state index is 0.00648. The molecular formula is C14H18ClNO3S. The average Bonchev–Trinajstić information content (AvgIpc) is 2.44. The van der Waals surface area contributed by atoms with Crippen molar-refractivity contribution in [3.8, 4) is 0 Å². The van der Waals surface area contributed by atoms with Crippen molar-refractivity contribution in [3.63, 3.8) is 0 Å². The topological polar surface area (TPSA) is 60.8 Å². The van der Waals surface area contributed by atoms with Crippen molar-refractivity contribution in [2.45, 2.75) is 24.4 Å². The zero-order valence-corrected chi connectivity index (χ0v) is 12.6. The van der Waals surface area contributed by atoms with Gasteiger partial charge in [0.25, 0.3) is 0 Å². The predicted octanol–water partition coefficient (Wildman–Crippen LogP) is 1.53. The Morgan fingerprint density at radius 2 is 2.10 bits per heavy atom. The highest BCUT2D eigenvalue weighted by Crippen LogP contribution is 2.21. The molecule has 0 unspecified atom stereocenters. The second-order valence-corrected chi connectivity index (χ2v) is 6.24. The number of benzene rings is 1. The van der Waals surface area contributed by atoms with Crippen LogP contribution in [0.15, 0.2) is 24.3 Å². The highest BCUT2D eigenvalue weighted by molar-refractivity contribution is 7.99. The monoisotopic (exact) mass is 315 g/mol. The number of carbonyl (C=O) groups excluding carboxylic acids is 1. The molecule has 0 saturated carbocycles. The van der Waals surface area contributed by atoms with Crippen LogP contribution in [-0.2, 0) is 10.5 Å². The SMILES string of the molecule is O=C(CSCc1ccccc1Cl)N1CC[C@H](O)[C@@H](O)C1. The van der Waals surface area contributed by atoms with Gasteiger partial charge in [0.05, 0.1) is 18.0 Å².